The maximum absolute atomic E-state index is 5.90. The Morgan fingerprint density at radius 2 is 0.464 bits per heavy atom. The maximum Gasteiger partial charge on any atom is 0.179 e. The number of furan rings is 1. The summed E-state index contributed by atoms with van der Waals surface area (Å²) >= 11 is 3.71. The van der Waals surface area contributed by atoms with Gasteiger partial charge in [-0.1, -0.05) is 364 Å². The van der Waals surface area contributed by atoms with Crippen LogP contribution in [0, 0.1) is 0 Å². The maximum atomic E-state index is 5.90. The zero-order valence-electron chi connectivity index (χ0n) is 75.7. The quantitative estimate of drug-likeness (QED) is 0.0408. The van der Waals surface area contributed by atoms with Crippen LogP contribution >= 0.6 is 22.7 Å². The molecule has 0 spiro atoms. The molecule has 0 saturated carbocycles. The summed E-state index contributed by atoms with van der Waals surface area (Å²) < 4.78 is 11.3. The van der Waals surface area contributed by atoms with Gasteiger partial charge in [-0.05, 0) is 242 Å². The monoisotopic (exact) mass is 1820 g/mol. The molecule has 0 fully saturated rings. The average molecular weight is 1830 g/mol. The molecule has 0 aliphatic rings. The van der Waals surface area contributed by atoms with Gasteiger partial charge in [-0.2, -0.15) is 0 Å². The van der Waals surface area contributed by atoms with Crippen LogP contribution in [0.2, 0.25) is 0 Å². The minimum Gasteiger partial charge on any atom is -0.456 e. The molecule has 0 saturated heterocycles. The minimum absolute atomic E-state index is 0.916. The van der Waals surface area contributed by atoms with Crippen molar-refractivity contribution in [2.75, 3.05) is 31.5 Å². The van der Waals surface area contributed by atoms with Crippen molar-refractivity contribution in [3.8, 4) is 22.3 Å². The Bertz CT molecular complexity index is 8030. The van der Waals surface area contributed by atoms with Crippen LogP contribution < -0.4 is 52.2 Å². The first-order valence-electron chi connectivity index (χ1n) is 46.6. The van der Waals surface area contributed by atoms with E-state index in [1.54, 1.807) is 0 Å². The number of hydrogen-bond acceptors (Lipinski definition) is 9. The predicted octanol–water partition coefficient (Wildman–Crippen LogP) is 34.3. The van der Waals surface area contributed by atoms with Gasteiger partial charge in [0.05, 0.1) is 0 Å². The molecule has 0 bridgehead atoms. The van der Waals surface area contributed by atoms with Crippen molar-refractivity contribution in [3.05, 3.63) is 552 Å². The van der Waals surface area contributed by atoms with Crippen molar-refractivity contribution in [1.82, 2.24) is 0 Å². The van der Waals surface area contributed by atoms with Crippen molar-refractivity contribution in [3.63, 3.8) is 0 Å². The molecule has 0 aliphatic carbocycles. The summed E-state index contributed by atoms with van der Waals surface area (Å²) in [7, 11) is -2.44. The highest BCUT2D eigenvalue weighted by atomic mass is 32.1. The number of anilines is 13. The fourth-order valence-electron chi connectivity index (χ4n) is 18.3. The number of para-hydroxylation sites is 6. The molecule has 0 atom stereocenters. The minimum atomic E-state index is -2.44. The van der Waals surface area contributed by atoms with E-state index >= 15 is 0 Å². The van der Waals surface area contributed by atoms with Gasteiger partial charge in [-0.25, -0.2) is 0 Å². The lowest BCUT2D eigenvalue weighted by Gasteiger charge is -2.34. The van der Waals surface area contributed by atoms with Crippen LogP contribution in [0.3, 0.4) is 0 Å². The van der Waals surface area contributed by atoms with E-state index in [4.69, 9.17) is 4.42 Å². The Hall–Kier alpha value is -17.4. The van der Waals surface area contributed by atoms with Crippen LogP contribution in [-0.4, -0.2) is 8.07 Å². The molecular weight excluding hydrogens is 1730 g/mol. The fraction of sp³-hybridized carbons (Fsp3) is 0. The van der Waals surface area contributed by atoms with Gasteiger partial charge >= 0.3 is 0 Å². The molecule has 138 heavy (non-hydrogen) atoms. The van der Waals surface area contributed by atoms with E-state index in [9.17, 15) is 0 Å². The number of nitrogens with zero attached hydrogens (tertiary/aromatic N) is 1. The van der Waals surface area contributed by atoms with Gasteiger partial charge in [0.1, 0.15) is 11.2 Å². The van der Waals surface area contributed by atoms with E-state index in [1.165, 1.54) is 105 Å². The predicted molar refractivity (Wildman–Crippen MR) is 598 cm³/mol. The van der Waals surface area contributed by atoms with E-state index < -0.39 is 8.07 Å². The molecule has 0 amide bonds. The van der Waals surface area contributed by atoms with E-state index in [2.05, 4.69) is 505 Å². The first-order valence-corrected chi connectivity index (χ1v) is 50.2. The molecule has 3 aromatic heterocycles. The second-order valence-electron chi connectivity index (χ2n) is 33.8. The molecule has 7 nitrogen and oxygen atoms in total. The lowest BCUT2D eigenvalue weighted by atomic mass is 10.0. The second-order valence-corrected chi connectivity index (χ2v) is 39.8. The molecule has 0 radical (unpaired) electrons. The van der Waals surface area contributed by atoms with Gasteiger partial charge in [-0.3, -0.25) is 0 Å². The zero-order valence-corrected chi connectivity index (χ0v) is 78.3. The molecular formula is C128H96N6OS2Si. The molecule has 660 valence electrons. The van der Waals surface area contributed by atoms with Crippen molar-refractivity contribution in [1.29, 1.82) is 0 Å². The van der Waals surface area contributed by atoms with E-state index in [0.29, 0.717) is 0 Å². The van der Waals surface area contributed by atoms with E-state index in [0.717, 1.165) is 95.9 Å². The van der Waals surface area contributed by atoms with Crippen molar-refractivity contribution in [2.45, 2.75) is 0 Å². The second kappa shape index (κ2) is 41.4. The number of thiophene rings is 2. The van der Waals surface area contributed by atoms with Gasteiger partial charge in [0, 0.05) is 136 Å². The summed E-state index contributed by atoms with van der Waals surface area (Å²) in [5.41, 5.74) is 21.1. The molecule has 3 heterocycles. The number of rotatable bonds is 19. The molecule has 25 aromatic rings. The standard InChI is InChI=1S/C30H24N2.C30H25NSi.C24H17NS.C22H15NO.C22H15NS/c1-4-10-26(11-5-1)31-27-20-16-24(17-21-27)25-18-22-30(23-19-25)32(28-12-6-2-7-13-28)29-14-8-3-9-15-29;1-5-13-25(14-6-1)31-26-21-23-30(24-22-26)32(27-15-7-2-8-16-27,28-17-9-3-10-18-28)29-19-11-4-12-20-29;1-2-6-19(7-3-1)25-20-13-10-17(11-14-20)18-12-15-24-22(16-18)21-8-4-5-9-23(21)26-24;2*1-2-8-17-15(6-1)7-5-10-20(17)23-16-12-13-22-19(14-16)18-9-3-4-11-21(18)24-22/h1-23,31H;1-24,31H;1-16,25H;2*1-14,23H. The Kier molecular flexibility index (Phi) is 26.2. The highest BCUT2D eigenvalue weighted by Crippen LogP contribution is 2.42. The van der Waals surface area contributed by atoms with E-state index in [-0.39, 0.29) is 0 Å². The lowest BCUT2D eigenvalue weighted by molar-refractivity contribution is 0.669. The first-order chi connectivity index (χ1) is 68.4. The van der Waals surface area contributed by atoms with Gasteiger partial charge < -0.3 is 35.9 Å². The highest BCUT2D eigenvalue weighted by Gasteiger charge is 2.41. The van der Waals surface area contributed by atoms with Gasteiger partial charge in [0.15, 0.2) is 8.07 Å². The lowest BCUT2D eigenvalue weighted by Crippen LogP contribution is -2.74. The molecule has 25 rings (SSSR count). The fourth-order valence-corrected chi connectivity index (χ4v) is 25.2. The van der Waals surface area contributed by atoms with Crippen molar-refractivity contribution >= 4 is 209 Å². The van der Waals surface area contributed by atoms with Crippen LogP contribution in [0.15, 0.2) is 556 Å². The third-order valence-corrected chi connectivity index (χ3v) is 32.1. The first kappa shape index (κ1) is 87.3. The van der Waals surface area contributed by atoms with Crippen molar-refractivity contribution < 1.29 is 4.42 Å². The van der Waals surface area contributed by atoms with Crippen LogP contribution in [-0.2, 0) is 0 Å². The summed E-state index contributed by atoms with van der Waals surface area (Å²) in [5.74, 6) is 0. The van der Waals surface area contributed by atoms with E-state index in [1.807, 2.05) is 102 Å². The Balaban J connectivity index is 0.000000103. The summed E-state index contributed by atoms with van der Waals surface area (Å²) in [6.45, 7) is 0. The molecule has 0 aliphatic heterocycles. The summed E-state index contributed by atoms with van der Waals surface area (Å²) in [6, 6.07) is 194. The topological polar surface area (TPSA) is 76.5 Å². The third kappa shape index (κ3) is 19.7. The molecule has 0 unspecified atom stereocenters. The number of nitrogens with one attached hydrogen (secondary N) is 5. The average Bonchev–Trinajstić information content (AvgIpc) is 1.01. The summed E-state index contributed by atoms with van der Waals surface area (Å²) in [5, 5.41) is 35.7. The third-order valence-electron chi connectivity index (χ3n) is 25.0. The summed E-state index contributed by atoms with van der Waals surface area (Å²) in [6.07, 6.45) is 0. The zero-order chi connectivity index (χ0) is 92.4. The normalized spacial score (nSPS) is 11.0. The SMILES string of the molecule is c1ccc(Nc2ccc(-c3ccc(N(c4ccccc4)c4ccccc4)cc3)cc2)cc1.c1ccc(Nc2ccc(-c3ccc4sc5ccccc5c4c3)cc2)cc1.c1ccc(Nc2ccc([Si](c3ccccc3)(c3ccccc3)c3ccccc3)cc2)cc1.c1ccc2c(Nc3ccc4oc5ccccc5c4c3)cccc2c1.c1ccc2c(Nc3ccc4sc5ccccc5c4c3)cccc2c1. The Labute approximate surface area is 813 Å². The molecule has 22 aromatic carbocycles. The smallest absolute Gasteiger partial charge is 0.179 e. The van der Waals surface area contributed by atoms with Crippen molar-refractivity contribution in [2.24, 2.45) is 0 Å². The Morgan fingerprint density at radius 3 is 0.920 bits per heavy atom. The molecule has 5 N–H and O–H groups in total. The number of hydrogen-bond donors (Lipinski definition) is 5. The van der Waals surface area contributed by atoms with Crippen LogP contribution in [0.1, 0.15) is 0 Å². The van der Waals surface area contributed by atoms with Gasteiger partial charge in [0.2, 0.25) is 0 Å². The number of benzene rings is 22. The van der Waals surface area contributed by atoms with Crippen LogP contribution in [0.25, 0.3) is 106 Å². The Morgan fingerprint density at radius 1 is 0.174 bits per heavy atom. The summed E-state index contributed by atoms with van der Waals surface area (Å²) in [4.78, 5) is 2.27. The number of fused-ring (bicyclic) bond motifs is 11. The molecule has 10 heteroatoms. The van der Waals surface area contributed by atoms with Gasteiger partial charge in [0.25, 0.3) is 0 Å². The van der Waals surface area contributed by atoms with Crippen LogP contribution in [0.4, 0.5) is 73.9 Å². The van der Waals surface area contributed by atoms with Gasteiger partial charge in [-0.15, -0.1) is 22.7 Å². The largest absolute Gasteiger partial charge is 0.456 e. The highest BCUT2D eigenvalue weighted by molar-refractivity contribution is 7.26. The van der Waals surface area contributed by atoms with Crippen LogP contribution in [0.5, 0.6) is 0 Å².